The number of carbonyl (C=O) groups is 1. The summed E-state index contributed by atoms with van der Waals surface area (Å²) < 4.78 is 10.9. The lowest BCUT2D eigenvalue weighted by atomic mass is 10.2. The normalized spacial score (nSPS) is 13.6. The number of pyridine rings is 1. The number of rotatable bonds is 7. The Hall–Kier alpha value is -2.67. The first-order valence-electron chi connectivity index (χ1n) is 8.14. The average Bonchev–Trinajstić information content (AvgIpc) is 3.11. The SMILES string of the molecule is O=C(NCc1ccnc(OCC2CC2)c1)c1cc(-c2cccs2)on1. The summed E-state index contributed by atoms with van der Waals surface area (Å²) in [6.07, 6.45) is 4.16. The van der Waals surface area contributed by atoms with E-state index in [0.29, 0.717) is 30.7 Å². The molecule has 4 rings (SSSR count). The Morgan fingerprint density at radius 2 is 2.28 bits per heavy atom. The number of carbonyl (C=O) groups excluding carboxylic acids is 1. The van der Waals surface area contributed by atoms with Gasteiger partial charge in [0, 0.05) is 24.9 Å². The summed E-state index contributed by atoms with van der Waals surface area (Å²) in [7, 11) is 0. The lowest BCUT2D eigenvalue weighted by molar-refractivity contribution is 0.0942. The second kappa shape index (κ2) is 7.06. The number of ether oxygens (including phenoxy) is 1. The fraction of sp³-hybridized carbons (Fsp3) is 0.278. The lowest BCUT2D eigenvalue weighted by Crippen LogP contribution is -2.23. The molecule has 0 unspecified atom stereocenters. The maximum atomic E-state index is 12.2. The average molecular weight is 355 g/mol. The molecule has 0 spiro atoms. The molecule has 6 nitrogen and oxygen atoms in total. The number of aromatic nitrogens is 2. The van der Waals surface area contributed by atoms with E-state index in [2.05, 4.69) is 15.5 Å². The van der Waals surface area contributed by atoms with E-state index in [0.717, 1.165) is 10.4 Å². The molecular weight excluding hydrogens is 338 g/mol. The van der Waals surface area contributed by atoms with Crippen molar-refractivity contribution in [2.24, 2.45) is 5.92 Å². The van der Waals surface area contributed by atoms with E-state index in [1.165, 1.54) is 24.2 Å². The molecule has 1 amide bonds. The van der Waals surface area contributed by atoms with Crippen molar-refractivity contribution in [3.8, 4) is 16.5 Å². The first-order valence-corrected chi connectivity index (χ1v) is 9.02. The summed E-state index contributed by atoms with van der Waals surface area (Å²) in [4.78, 5) is 17.4. The van der Waals surface area contributed by atoms with Crippen LogP contribution in [-0.4, -0.2) is 22.7 Å². The first-order chi connectivity index (χ1) is 12.3. The van der Waals surface area contributed by atoms with Crippen LogP contribution in [0.25, 0.3) is 10.6 Å². The van der Waals surface area contributed by atoms with E-state index >= 15 is 0 Å². The molecule has 0 bridgehead atoms. The number of nitrogens with zero attached hydrogens (tertiary/aromatic N) is 2. The standard InChI is InChI=1S/C18H17N3O3S/c22-18(14-9-15(24-21-14)16-2-1-7-25-16)20-10-13-5-6-19-17(8-13)23-11-12-3-4-12/h1-2,5-9,12H,3-4,10-11H2,(H,20,22). The molecule has 0 aromatic carbocycles. The summed E-state index contributed by atoms with van der Waals surface area (Å²) >= 11 is 1.54. The van der Waals surface area contributed by atoms with E-state index in [1.807, 2.05) is 29.6 Å². The summed E-state index contributed by atoms with van der Waals surface area (Å²) in [6, 6.07) is 9.20. The van der Waals surface area contributed by atoms with Gasteiger partial charge in [0.25, 0.3) is 5.91 Å². The van der Waals surface area contributed by atoms with Gasteiger partial charge in [-0.1, -0.05) is 11.2 Å². The number of hydrogen-bond donors (Lipinski definition) is 1. The predicted octanol–water partition coefficient (Wildman–Crippen LogP) is 3.52. The molecular formula is C18H17N3O3S. The summed E-state index contributed by atoms with van der Waals surface area (Å²) in [6.45, 7) is 1.09. The first kappa shape index (κ1) is 15.8. The van der Waals surface area contributed by atoms with Crippen LogP contribution in [0.15, 0.2) is 46.4 Å². The fourth-order valence-corrected chi connectivity index (χ4v) is 2.99. The van der Waals surface area contributed by atoms with Gasteiger partial charge in [-0.25, -0.2) is 4.98 Å². The summed E-state index contributed by atoms with van der Waals surface area (Å²) in [5.74, 6) is 1.60. The molecule has 3 aromatic rings. The molecule has 0 saturated heterocycles. The number of nitrogens with one attached hydrogen (secondary N) is 1. The molecule has 1 saturated carbocycles. The highest BCUT2D eigenvalue weighted by atomic mass is 32.1. The van der Waals surface area contributed by atoms with Gasteiger partial charge >= 0.3 is 0 Å². The zero-order valence-corrected chi connectivity index (χ0v) is 14.3. The van der Waals surface area contributed by atoms with Crippen molar-refractivity contribution in [1.82, 2.24) is 15.5 Å². The molecule has 1 aliphatic carbocycles. The van der Waals surface area contributed by atoms with Crippen molar-refractivity contribution in [2.45, 2.75) is 19.4 Å². The minimum Gasteiger partial charge on any atom is -0.477 e. The highest BCUT2D eigenvalue weighted by Crippen LogP contribution is 2.29. The minimum absolute atomic E-state index is 0.266. The van der Waals surface area contributed by atoms with Crippen molar-refractivity contribution < 1.29 is 14.1 Å². The quantitative estimate of drug-likeness (QED) is 0.702. The van der Waals surface area contributed by atoms with Gasteiger partial charge in [-0.2, -0.15) is 0 Å². The van der Waals surface area contributed by atoms with Gasteiger partial charge in [-0.3, -0.25) is 4.79 Å². The van der Waals surface area contributed by atoms with Crippen molar-refractivity contribution >= 4 is 17.2 Å². The highest BCUT2D eigenvalue weighted by Gasteiger charge is 2.22. The second-order valence-electron chi connectivity index (χ2n) is 5.99. The van der Waals surface area contributed by atoms with Crippen LogP contribution in [0.4, 0.5) is 0 Å². The van der Waals surface area contributed by atoms with Crippen molar-refractivity contribution in [1.29, 1.82) is 0 Å². The fourth-order valence-electron chi connectivity index (χ4n) is 2.32. The Bertz CT molecular complexity index is 856. The third-order valence-electron chi connectivity index (χ3n) is 3.92. The van der Waals surface area contributed by atoms with Gasteiger partial charge in [0.1, 0.15) is 0 Å². The Balaban J connectivity index is 1.34. The molecule has 0 atom stereocenters. The molecule has 7 heteroatoms. The largest absolute Gasteiger partial charge is 0.477 e. The van der Waals surface area contributed by atoms with Crippen LogP contribution in [0.5, 0.6) is 5.88 Å². The Kier molecular flexibility index (Phi) is 4.47. The highest BCUT2D eigenvalue weighted by molar-refractivity contribution is 7.13. The van der Waals surface area contributed by atoms with Gasteiger partial charge in [-0.05, 0) is 41.8 Å². The van der Waals surface area contributed by atoms with Crippen LogP contribution >= 0.6 is 11.3 Å². The van der Waals surface area contributed by atoms with Crippen LogP contribution in [0, 0.1) is 5.92 Å². The number of amides is 1. The zero-order chi connectivity index (χ0) is 17.1. The van der Waals surface area contributed by atoms with Crippen LogP contribution < -0.4 is 10.1 Å². The lowest BCUT2D eigenvalue weighted by Gasteiger charge is -2.07. The number of thiophene rings is 1. The van der Waals surface area contributed by atoms with Crippen LogP contribution in [-0.2, 0) is 6.54 Å². The van der Waals surface area contributed by atoms with Crippen molar-refractivity contribution in [3.05, 3.63) is 53.2 Å². The molecule has 3 aromatic heterocycles. The van der Waals surface area contributed by atoms with Gasteiger partial charge in [0.15, 0.2) is 11.5 Å². The van der Waals surface area contributed by atoms with E-state index in [4.69, 9.17) is 9.26 Å². The molecule has 0 aliphatic heterocycles. The van der Waals surface area contributed by atoms with E-state index in [9.17, 15) is 4.79 Å². The van der Waals surface area contributed by atoms with E-state index in [-0.39, 0.29) is 11.6 Å². The van der Waals surface area contributed by atoms with Gasteiger partial charge in [0.05, 0.1) is 11.5 Å². The summed E-state index contributed by atoms with van der Waals surface area (Å²) in [5, 5.41) is 8.63. The zero-order valence-electron chi connectivity index (χ0n) is 13.5. The predicted molar refractivity (Wildman–Crippen MR) is 93.4 cm³/mol. The maximum Gasteiger partial charge on any atom is 0.273 e. The molecule has 0 radical (unpaired) electrons. The number of hydrogen-bond acceptors (Lipinski definition) is 6. The smallest absolute Gasteiger partial charge is 0.273 e. The van der Waals surface area contributed by atoms with Crippen LogP contribution in [0.2, 0.25) is 0 Å². The van der Waals surface area contributed by atoms with Gasteiger partial charge < -0.3 is 14.6 Å². The topological polar surface area (TPSA) is 77.2 Å². The van der Waals surface area contributed by atoms with Gasteiger partial charge in [0.2, 0.25) is 5.88 Å². The molecule has 3 heterocycles. The van der Waals surface area contributed by atoms with E-state index < -0.39 is 0 Å². The minimum atomic E-state index is -0.274. The molecule has 1 aliphatic rings. The summed E-state index contributed by atoms with van der Waals surface area (Å²) in [5.41, 5.74) is 1.19. The van der Waals surface area contributed by atoms with Crippen LogP contribution in [0.3, 0.4) is 0 Å². The van der Waals surface area contributed by atoms with Crippen LogP contribution in [0.1, 0.15) is 28.9 Å². The van der Waals surface area contributed by atoms with E-state index in [1.54, 1.807) is 12.3 Å². The van der Waals surface area contributed by atoms with Gasteiger partial charge in [-0.15, -0.1) is 11.3 Å². The monoisotopic (exact) mass is 355 g/mol. The molecule has 25 heavy (non-hydrogen) atoms. The van der Waals surface area contributed by atoms with Crippen molar-refractivity contribution in [2.75, 3.05) is 6.61 Å². The third kappa shape index (κ3) is 4.06. The maximum absolute atomic E-state index is 12.2. The second-order valence-corrected chi connectivity index (χ2v) is 6.94. The molecule has 1 fully saturated rings. The Morgan fingerprint density at radius 1 is 1.36 bits per heavy atom. The molecule has 1 N–H and O–H groups in total. The Labute approximate surface area is 148 Å². The molecule has 128 valence electrons. The van der Waals surface area contributed by atoms with Crippen molar-refractivity contribution in [3.63, 3.8) is 0 Å². The third-order valence-corrected chi connectivity index (χ3v) is 4.81. The Morgan fingerprint density at radius 3 is 3.08 bits per heavy atom.